The van der Waals surface area contributed by atoms with Gasteiger partial charge in [0.2, 0.25) is 0 Å². The summed E-state index contributed by atoms with van der Waals surface area (Å²) < 4.78 is 0. The fraction of sp³-hybridized carbons (Fsp3) is 0.722. The molecule has 1 aromatic heterocycles. The normalized spacial score (nSPS) is 19.9. The van der Waals surface area contributed by atoms with Crippen molar-refractivity contribution in [3.8, 4) is 0 Å². The number of piperazine rings is 1. The number of aliphatic hydroxyl groups is 1. The van der Waals surface area contributed by atoms with Gasteiger partial charge in [-0.1, -0.05) is 33.8 Å². The van der Waals surface area contributed by atoms with E-state index in [1.165, 1.54) is 5.56 Å². The number of pyridine rings is 1. The predicted octanol–water partition coefficient (Wildman–Crippen LogP) is 2.73. The second-order valence-corrected chi connectivity index (χ2v) is 6.09. The van der Waals surface area contributed by atoms with Crippen LogP contribution >= 0.6 is 0 Å². The Kier molecular flexibility index (Phi) is 8.61. The molecule has 1 fully saturated rings. The van der Waals surface area contributed by atoms with E-state index in [2.05, 4.69) is 47.7 Å². The van der Waals surface area contributed by atoms with E-state index in [0.29, 0.717) is 12.0 Å². The van der Waals surface area contributed by atoms with Crippen LogP contribution in [0.25, 0.3) is 0 Å². The highest BCUT2D eigenvalue weighted by molar-refractivity contribution is 5.16. The summed E-state index contributed by atoms with van der Waals surface area (Å²) in [5.41, 5.74) is 2.45. The van der Waals surface area contributed by atoms with Crippen molar-refractivity contribution >= 4 is 0 Å². The van der Waals surface area contributed by atoms with Gasteiger partial charge in [-0.05, 0) is 24.5 Å². The lowest BCUT2D eigenvalue weighted by atomic mass is 10.1. The van der Waals surface area contributed by atoms with E-state index in [0.717, 1.165) is 38.4 Å². The Morgan fingerprint density at radius 3 is 2.50 bits per heavy atom. The number of hydrogen-bond donors (Lipinski definition) is 1. The molecule has 4 nitrogen and oxygen atoms in total. The van der Waals surface area contributed by atoms with Crippen LogP contribution in [0.4, 0.5) is 0 Å². The van der Waals surface area contributed by atoms with Crippen LogP contribution in [-0.2, 0) is 6.54 Å². The van der Waals surface area contributed by atoms with Gasteiger partial charge in [-0.15, -0.1) is 0 Å². The van der Waals surface area contributed by atoms with Crippen LogP contribution in [-0.4, -0.2) is 58.7 Å². The van der Waals surface area contributed by atoms with Crippen LogP contribution in [0.2, 0.25) is 0 Å². The van der Waals surface area contributed by atoms with E-state index in [1.807, 2.05) is 20.0 Å². The molecule has 0 spiro atoms. The first-order valence-electron chi connectivity index (χ1n) is 8.62. The van der Waals surface area contributed by atoms with Gasteiger partial charge in [0.25, 0.3) is 0 Å². The van der Waals surface area contributed by atoms with Crippen LogP contribution < -0.4 is 0 Å². The molecule has 1 aliphatic heterocycles. The zero-order valence-corrected chi connectivity index (χ0v) is 14.9. The highest BCUT2D eigenvalue weighted by Gasteiger charge is 2.22. The first kappa shape index (κ1) is 19.1. The molecule has 0 aromatic carbocycles. The molecule has 1 aliphatic rings. The number of hydrogen-bond acceptors (Lipinski definition) is 4. The van der Waals surface area contributed by atoms with Crippen molar-refractivity contribution < 1.29 is 5.11 Å². The van der Waals surface area contributed by atoms with Crippen LogP contribution in [0.1, 0.15) is 51.8 Å². The van der Waals surface area contributed by atoms with Gasteiger partial charge < -0.3 is 5.11 Å². The molecule has 1 saturated heterocycles. The molecular formula is C18H33N3O. The summed E-state index contributed by atoms with van der Waals surface area (Å²) in [6, 6.07) is 4.86. The molecule has 1 N–H and O–H groups in total. The van der Waals surface area contributed by atoms with Crippen molar-refractivity contribution in [2.45, 2.75) is 53.1 Å². The SMILES string of the molecule is CC.CC(C)c1ccc(CN2CCN(CCO)C(C)C2)cn1. The van der Waals surface area contributed by atoms with E-state index in [-0.39, 0.29) is 6.61 Å². The van der Waals surface area contributed by atoms with Gasteiger partial charge in [0.1, 0.15) is 0 Å². The van der Waals surface area contributed by atoms with E-state index >= 15 is 0 Å². The molecule has 4 heteroatoms. The quantitative estimate of drug-likeness (QED) is 0.908. The Morgan fingerprint density at radius 2 is 2.00 bits per heavy atom. The van der Waals surface area contributed by atoms with Crippen LogP contribution in [0.15, 0.2) is 18.3 Å². The summed E-state index contributed by atoms with van der Waals surface area (Å²) in [5, 5.41) is 9.04. The highest BCUT2D eigenvalue weighted by Crippen LogP contribution is 2.15. The van der Waals surface area contributed by atoms with E-state index in [9.17, 15) is 0 Å². The van der Waals surface area contributed by atoms with Gasteiger partial charge in [0.05, 0.1) is 6.61 Å². The Balaban J connectivity index is 0.00000116. The third-order valence-electron chi connectivity index (χ3n) is 4.08. The Bertz CT molecular complexity index is 405. The highest BCUT2D eigenvalue weighted by atomic mass is 16.3. The van der Waals surface area contributed by atoms with Gasteiger partial charge in [-0.2, -0.15) is 0 Å². The number of β-amino-alcohol motifs (C(OH)–C–C–N with tert-alkyl or cyclic N) is 1. The Hall–Kier alpha value is -0.970. The van der Waals surface area contributed by atoms with Crippen molar-refractivity contribution in [2.75, 3.05) is 32.8 Å². The van der Waals surface area contributed by atoms with Crippen molar-refractivity contribution in [1.29, 1.82) is 0 Å². The van der Waals surface area contributed by atoms with Gasteiger partial charge in [0, 0.05) is 50.7 Å². The van der Waals surface area contributed by atoms with Crippen molar-refractivity contribution in [2.24, 2.45) is 0 Å². The minimum atomic E-state index is 0.255. The average molecular weight is 307 g/mol. The molecule has 0 amide bonds. The molecule has 0 radical (unpaired) electrons. The van der Waals surface area contributed by atoms with Crippen LogP contribution in [0.3, 0.4) is 0 Å². The zero-order chi connectivity index (χ0) is 16.5. The van der Waals surface area contributed by atoms with Gasteiger partial charge >= 0.3 is 0 Å². The number of aromatic nitrogens is 1. The summed E-state index contributed by atoms with van der Waals surface area (Å²) in [6.45, 7) is 15.8. The van der Waals surface area contributed by atoms with Gasteiger partial charge in [-0.3, -0.25) is 14.8 Å². The Labute approximate surface area is 136 Å². The Morgan fingerprint density at radius 1 is 1.27 bits per heavy atom. The number of nitrogens with zero attached hydrogens (tertiary/aromatic N) is 3. The fourth-order valence-corrected chi connectivity index (χ4v) is 2.80. The van der Waals surface area contributed by atoms with Crippen LogP contribution in [0.5, 0.6) is 0 Å². The van der Waals surface area contributed by atoms with E-state index in [4.69, 9.17) is 5.11 Å². The van der Waals surface area contributed by atoms with E-state index in [1.54, 1.807) is 0 Å². The third-order valence-corrected chi connectivity index (χ3v) is 4.08. The predicted molar refractivity (Wildman–Crippen MR) is 93.1 cm³/mol. The minimum Gasteiger partial charge on any atom is -0.395 e. The maximum absolute atomic E-state index is 9.04. The molecule has 2 heterocycles. The monoisotopic (exact) mass is 307 g/mol. The second kappa shape index (κ2) is 9.93. The lowest BCUT2D eigenvalue weighted by Crippen LogP contribution is -2.52. The number of rotatable bonds is 5. The first-order chi connectivity index (χ1) is 10.6. The second-order valence-electron chi connectivity index (χ2n) is 6.09. The standard InChI is InChI=1S/C16H27N3O.C2H6/c1-13(2)16-5-4-15(10-17-16)12-18-6-7-19(8-9-20)14(3)11-18;1-2/h4-5,10,13-14,20H,6-9,11-12H2,1-3H3;1-2H3. The fourth-order valence-electron chi connectivity index (χ4n) is 2.80. The van der Waals surface area contributed by atoms with Crippen molar-refractivity contribution in [3.05, 3.63) is 29.6 Å². The minimum absolute atomic E-state index is 0.255. The first-order valence-corrected chi connectivity index (χ1v) is 8.62. The van der Waals surface area contributed by atoms with E-state index < -0.39 is 0 Å². The average Bonchev–Trinajstić information content (AvgIpc) is 2.53. The summed E-state index contributed by atoms with van der Waals surface area (Å²) in [4.78, 5) is 9.37. The molecular weight excluding hydrogens is 274 g/mol. The molecule has 22 heavy (non-hydrogen) atoms. The molecule has 1 atom stereocenters. The van der Waals surface area contributed by atoms with Crippen molar-refractivity contribution in [1.82, 2.24) is 14.8 Å². The molecule has 0 bridgehead atoms. The zero-order valence-electron chi connectivity index (χ0n) is 14.9. The van der Waals surface area contributed by atoms with Crippen LogP contribution in [0, 0.1) is 0 Å². The molecule has 2 rings (SSSR count). The number of aliphatic hydroxyl groups excluding tert-OH is 1. The molecule has 1 unspecified atom stereocenters. The molecule has 1 aromatic rings. The maximum atomic E-state index is 9.04. The third kappa shape index (κ3) is 5.67. The van der Waals surface area contributed by atoms with Crippen molar-refractivity contribution in [3.63, 3.8) is 0 Å². The largest absolute Gasteiger partial charge is 0.395 e. The van der Waals surface area contributed by atoms with Gasteiger partial charge in [-0.25, -0.2) is 0 Å². The summed E-state index contributed by atoms with van der Waals surface area (Å²) in [5.74, 6) is 0.492. The lowest BCUT2D eigenvalue weighted by molar-refractivity contribution is 0.0647. The molecule has 0 aliphatic carbocycles. The van der Waals surface area contributed by atoms with Gasteiger partial charge in [0.15, 0.2) is 0 Å². The molecule has 0 saturated carbocycles. The topological polar surface area (TPSA) is 39.6 Å². The maximum Gasteiger partial charge on any atom is 0.0558 e. The molecule has 126 valence electrons. The summed E-state index contributed by atoms with van der Waals surface area (Å²) in [7, 11) is 0. The smallest absolute Gasteiger partial charge is 0.0558 e. The summed E-state index contributed by atoms with van der Waals surface area (Å²) >= 11 is 0. The lowest BCUT2D eigenvalue weighted by Gasteiger charge is -2.39. The summed E-state index contributed by atoms with van der Waals surface area (Å²) in [6.07, 6.45) is 2.01.